The van der Waals surface area contributed by atoms with E-state index in [2.05, 4.69) is 31.9 Å². The van der Waals surface area contributed by atoms with Crippen LogP contribution in [0.4, 0.5) is 40.3 Å². The number of nitrogen functional groups attached to an aromatic ring is 3. The van der Waals surface area contributed by atoms with Gasteiger partial charge in [0.1, 0.15) is 17.3 Å². The molecule has 0 radical (unpaired) electrons. The zero-order valence-electron chi connectivity index (χ0n) is 11.4. The van der Waals surface area contributed by atoms with Crippen molar-refractivity contribution in [2.75, 3.05) is 17.2 Å². The molecule has 2 aromatic rings. The lowest BCUT2D eigenvalue weighted by Crippen LogP contribution is -2.01. The van der Waals surface area contributed by atoms with Crippen LogP contribution >= 0.6 is 31.9 Å². The van der Waals surface area contributed by atoms with Gasteiger partial charge in [-0.25, -0.2) is 13.2 Å². The molecule has 0 saturated carbocycles. The lowest BCUT2D eigenvalue weighted by molar-refractivity contribution is -0.386. The Morgan fingerprint density at radius 2 is 1.29 bits per heavy atom. The minimum Gasteiger partial charge on any atom is -0.397 e. The average molecular weight is 476 g/mol. The van der Waals surface area contributed by atoms with Gasteiger partial charge in [0.15, 0.2) is 5.82 Å². The molecule has 2 aromatic carbocycles. The number of rotatable bonds is 1. The number of hydrogen-bond donors (Lipinski definition) is 3. The van der Waals surface area contributed by atoms with E-state index in [1.54, 1.807) is 0 Å². The third kappa shape index (κ3) is 4.06. The van der Waals surface area contributed by atoms with Gasteiger partial charge < -0.3 is 17.2 Å². The van der Waals surface area contributed by atoms with Gasteiger partial charge >= 0.3 is 5.69 Å². The summed E-state index contributed by atoms with van der Waals surface area (Å²) in [6, 6.07) is 1.65. The number of nitro groups is 1. The maximum absolute atomic E-state index is 13.0. The highest BCUT2D eigenvalue weighted by molar-refractivity contribution is 9.10. The highest BCUT2D eigenvalue weighted by atomic mass is 79.9. The molecular weight excluding hydrogens is 468 g/mol. The molecule has 0 amide bonds. The van der Waals surface area contributed by atoms with E-state index in [-0.39, 0.29) is 15.8 Å². The Kier molecular flexibility index (Phi) is 6.37. The molecule has 0 heterocycles. The first-order valence-electron chi connectivity index (χ1n) is 5.74. The van der Waals surface area contributed by atoms with E-state index in [9.17, 15) is 27.7 Å². The first kappa shape index (κ1) is 20.0. The summed E-state index contributed by atoms with van der Waals surface area (Å²) < 4.78 is 50.1. The van der Waals surface area contributed by atoms with Gasteiger partial charge in [-0.1, -0.05) is 0 Å². The second kappa shape index (κ2) is 7.66. The van der Waals surface area contributed by atoms with Crippen molar-refractivity contribution < 1.29 is 22.5 Å². The van der Waals surface area contributed by atoms with Crippen LogP contribution in [-0.2, 0) is 0 Å². The Morgan fingerprint density at radius 3 is 1.75 bits per heavy atom. The van der Waals surface area contributed by atoms with E-state index in [0.717, 1.165) is 6.07 Å². The Labute approximate surface area is 149 Å². The highest BCUT2D eigenvalue weighted by Crippen LogP contribution is 2.32. The maximum atomic E-state index is 13.0. The molecule has 0 spiro atoms. The van der Waals surface area contributed by atoms with Crippen molar-refractivity contribution in [3.05, 3.63) is 54.5 Å². The van der Waals surface area contributed by atoms with Gasteiger partial charge in [-0.05, 0) is 31.9 Å². The Bertz CT molecular complexity index is 794. The molecule has 0 unspecified atom stereocenters. The molecule has 0 aliphatic rings. The molecule has 24 heavy (non-hydrogen) atoms. The van der Waals surface area contributed by atoms with Crippen LogP contribution in [0.1, 0.15) is 0 Å². The minimum absolute atomic E-state index is 0.0943. The van der Waals surface area contributed by atoms with Gasteiger partial charge in [0, 0.05) is 12.1 Å². The molecule has 0 atom stereocenters. The molecule has 0 aromatic heterocycles. The van der Waals surface area contributed by atoms with E-state index in [1.807, 2.05) is 0 Å². The smallest absolute Gasteiger partial charge is 0.328 e. The summed E-state index contributed by atoms with van der Waals surface area (Å²) in [4.78, 5) is 9.24. The summed E-state index contributed by atoms with van der Waals surface area (Å²) in [6.45, 7) is 0. The van der Waals surface area contributed by atoms with Gasteiger partial charge in [-0.2, -0.15) is 4.39 Å². The van der Waals surface area contributed by atoms with Crippen molar-refractivity contribution in [1.29, 1.82) is 0 Å². The summed E-state index contributed by atoms with van der Waals surface area (Å²) >= 11 is 5.20. The fourth-order valence-corrected chi connectivity index (χ4v) is 2.05. The molecule has 6 nitrogen and oxygen atoms in total. The van der Waals surface area contributed by atoms with Crippen LogP contribution in [0.25, 0.3) is 0 Å². The fraction of sp³-hybridized carbons (Fsp3) is 0. The number of halogens is 6. The predicted octanol–water partition coefficient (Wildman–Crippen LogP) is 4.11. The van der Waals surface area contributed by atoms with Crippen LogP contribution < -0.4 is 17.2 Å². The lowest BCUT2D eigenvalue weighted by atomic mass is 10.2. The van der Waals surface area contributed by atoms with E-state index in [4.69, 9.17) is 17.2 Å². The van der Waals surface area contributed by atoms with Crippen LogP contribution in [0.2, 0.25) is 0 Å². The monoisotopic (exact) mass is 474 g/mol. The second-order valence-electron chi connectivity index (χ2n) is 4.17. The van der Waals surface area contributed by atoms with Crippen molar-refractivity contribution in [2.24, 2.45) is 0 Å². The summed E-state index contributed by atoms with van der Waals surface area (Å²) in [6.07, 6.45) is 0. The van der Waals surface area contributed by atoms with E-state index >= 15 is 0 Å². The Balaban J connectivity index is 0.000000243. The zero-order chi connectivity index (χ0) is 18.8. The molecule has 0 fully saturated rings. The topological polar surface area (TPSA) is 121 Å². The predicted molar refractivity (Wildman–Crippen MR) is 88.0 cm³/mol. The molecule has 2 rings (SSSR count). The number of benzene rings is 2. The normalized spacial score (nSPS) is 10.1. The van der Waals surface area contributed by atoms with Crippen molar-refractivity contribution in [1.82, 2.24) is 0 Å². The van der Waals surface area contributed by atoms with Crippen molar-refractivity contribution in [3.63, 3.8) is 0 Å². The Morgan fingerprint density at radius 1 is 0.875 bits per heavy atom. The number of hydrogen-bond acceptors (Lipinski definition) is 5. The molecular formula is C12H8Br2F4N4O2. The van der Waals surface area contributed by atoms with Crippen LogP contribution in [0.5, 0.6) is 0 Å². The van der Waals surface area contributed by atoms with Crippen molar-refractivity contribution in [2.45, 2.75) is 0 Å². The minimum atomic E-state index is -1.30. The summed E-state index contributed by atoms with van der Waals surface area (Å²) in [7, 11) is 0. The fourth-order valence-electron chi connectivity index (χ4n) is 1.42. The van der Waals surface area contributed by atoms with Crippen LogP contribution in [0.15, 0.2) is 21.1 Å². The molecule has 12 heteroatoms. The van der Waals surface area contributed by atoms with Crippen molar-refractivity contribution in [3.8, 4) is 0 Å². The molecule has 0 aliphatic heterocycles. The highest BCUT2D eigenvalue weighted by Gasteiger charge is 2.24. The van der Waals surface area contributed by atoms with Gasteiger partial charge in [0.25, 0.3) is 0 Å². The average Bonchev–Trinajstić information content (AvgIpc) is 2.49. The number of nitrogens with two attached hydrogens (primary N) is 3. The standard InChI is InChI=1S/C6H3BrF2N2O2.C6H5BrF2N2/c7-4-2(8)1-3(10)6(5(4)9)11(12)13;7-4-2(8)1-3(10)6(11)5(4)9/h1H,10H2;1H,10-11H2. The molecule has 130 valence electrons. The molecule has 0 aliphatic carbocycles. The lowest BCUT2D eigenvalue weighted by Gasteiger charge is -2.03. The van der Waals surface area contributed by atoms with Gasteiger partial charge in [0.05, 0.1) is 25.2 Å². The SMILES string of the molecule is Nc1cc(F)c(Br)c(F)c1N.Nc1cc(F)c(Br)c(F)c1[N+](=O)[O-]. The summed E-state index contributed by atoms with van der Waals surface area (Å²) in [5, 5.41) is 10.2. The third-order valence-corrected chi connectivity index (χ3v) is 4.03. The number of anilines is 3. The van der Waals surface area contributed by atoms with Gasteiger partial charge in [-0.15, -0.1) is 0 Å². The number of nitrogens with zero attached hydrogens (tertiary/aromatic N) is 1. The van der Waals surface area contributed by atoms with Crippen LogP contribution in [-0.4, -0.2) is 4.92 Å². The quantitative estimate of drug-likeness (QED) is 0.188. The third-order valence-electron chi connectivity index (χ3n) is 2.58. The van der Waals surface area contributed by atoms with E-state index in [1.165, 1.54) is 0 Å². The number of nitro benzene ring substituents is 1. The summed E-state index contributed by atoms with van der Waals surface area (Å²) in [5.41, 5.74) is 13.6. The van der Waals surface area contributed by atoms with Crippen LogP contribution in [0, 0.1) is 33.4 Å². The molecule has 6 N–H and O–H groups in total. The first-order chi connectivity index (χ1) is 11.0. The second-order valence-corrected chi connectivity index (χ2v) is 5.76. The Hall–Kier alpha value is -2.08. The summed E-state index contributed by atoms with van der Waals surface area (Å²) in [5.74, 6) is -3.89. The first-order valence-corrected chi connectivity index (χ1v) is 7.33. The zero-order valence-corrected chi connectivity index (χ0v) is 14.6. The van der Waals surface area contributed by atoms with E-state index < -0.39 is 44.0 Å². The maximum Gasteiger partial charge on any atom is 0.328 e. The molecule has 0 bridgehead atoms. The van der Waals surface area contributed by atoms with E-state index in [0.29, 0.717) is 6.07 Å². The van der Waals surface area contributed by atoms with Crippen molar-refractivity contribution >= 4 is 54.6 Å². The van der Waals surface area contributed by atoms with Gasteiger partial charge in [-0.3, -0.25) is 10.1 Å². The largest absolute Gasteiger partial charge is 0.397 e. The molecule has 0 saturated heterocycles. The van der Waals surface area contributed by atoms with Crippen LogP contribution in [0.3, 0.4) is 0 Å². The van der Waals surface area contributed by atoms with Gasteiger partial charge in [0.2, 0.25) is 5.82 Å².